The predicted octanol–water partition coefficient (Wildman–Crippen LogP) is 2.25. The molecule has 1 saturated heterocycles. The molecular weight excluding hydrogens is 316 g/mol. The van der Waals surface area contributed by atoms with Crippen LogP contribution in [0.25, 0.3) is 5.69 Å². The first-order valence-corrected chi connectivity index (χ1v) is 8.47. The predicted molar refractivity (Wildman–Crippen MR) is 94.9 cm³/mol. The van der Waals surface area contributed by atoms with Crippen molar-refractivity contribution in [2.24, 2.45) is 0 Å². The third kappa shape index (κ3) is 3.46. The van der Waals surface area contributed by atoms with E-state index in [-0.39, 0.29) is 5.91 Å². The van der Waals surface area contributed by atoms with Crippen LogP contribution in [0.1, 0.15) is 29.4 Å². The minimum Gasteiger partial charge on any atom is -0.318 e. The lowest BCUT2D eigenvalue weighted by Crippen LogP contribution is -2.32. The largest absolute Gasteiger partial charge is 0.318 e. The maximum atomic E-state index is 12.4. The van der Waals surface area contributed by atoms with Crippen molar-refractivity contribution in [3.8, 4) is 5.69 Å². The van der Waals surface area contributed by atoms with Gasteiger partial charge in [0, 0.05) is 12.7 Å². The summed E-state index contributed by atoms with van der Waals surface area (Å²) in [6.45, 7) is 1.95. The van der Waals surface area contributed by atoms with Crippen LogP contribution in [0.15, 0.2) is 55.0 Å². The van der Waals surface area contributed by atoms with Crippen molar-refractivity contribution in [2.45, 2.75) is 18.9 Å². The van der Waals surface area contributed by atoms with E-state index in [2.05, 4.69) is 20.8 Å². The first-order chi connectivity index (χ1) is 12.3. The van der Waals surface area contributed by atoms with Crippen LogP contribution in [0.5, 0.6) is 0 Å². The summed E-state index contributed by atoms with van der Waals surface area (Å²) >= 11 is 0. The molecule has 0 saturated carbocycles. The molecule has 1 unspecified atom stereocenters. The molecule has 1 fully saturated rings. The molecule has 2 N–H and O–H groups in total. The molecule has 0 aliphatic carbocycles. The highest BCUT2D eigenvalue weighted by Crippen LogP contribution is 2.17. The summed E-state index contributed by atoms with van der Waals surface area (Å²) in [7, 11) is 0. The molecule has 0 radical (unpaired) electrons. The van der Waals surface area contributed by atoms with Crippen LogP contribution in [0.4, 0.5) is 5.69 Å². The number of aromatic nitrogens is 4. The summed E-state index contributed by atoms with van der Waals surface area (Å²) < 4.78 is 3.61. The topological polar surface area (TPSA) is 76.8 Å². The number of piperidine rings is 1. The quantitative estimate of drug-likeness (QED) is 0.766. The maximum absolute atomic E-state index is 12.4. The standard InChI is InChI=1S/C18H20N6O/c25-18(17-8-10-23(22-17)16-7-4-9-19-12-16)21-14-11-20-24(13-14)15-5-2-1-3-6-15/h1-3,5-6,8,10-11,13,16,19H,4,7,9,12H2,(H,21,25). The third-order valence-corrected chi connectivity index (χ3v) is 4.35. The molecule has 0 bridgehead atoms. The van der Waals surface area contributed by atoms with Crippen molar-refractivity contribution in [3.05, 3.63) is 60.7 Å². The summed E-state index contributed by atoms with van der Waals surface area (Å²) in [5, 5.41) is 14.9. The van der Waals surface area contributed by atoms with Gasteiger partial charge in [-0.15, -0.1) is 0 Å². The van der Waals surface area contributed by atoms with E-state index in [4.69, 9.17) is 0 Å². The first kappa shape index (κ1) is 15.6. The summed E-state index contributed by atoms with van der Waals surface area (Å²) in [6, 6.07) is 11.8. The molecule has 7 heteroatoms. The van der Waals surface area contributed by atoms with E-state index < -0.39 is 0 Å². The van der Waals surface area contributed by atoms with Crippen LogP contribution >= 0.6 is 0 Å². The summed E-state index contributed by atoms with van der Waals surface area (Å²) in [4.78, 5) is 12.4. The summed E-state index contributed by atoms with van der Waals surface area (Å²) in [5.41, 5.74) is 2.00. The monoisotopic (exact) mass is 336 g/mol. The van der Waals surface area contributed by atoms with E-state index in [0.717, 1.165) is 31.6 Å². The molecule has 3 heterocycles. The zero-order valence-corrected chi connectivity index (χ0v) is 13.8. The molecule has 25 heavy (non-hydrogen) atoms. The van der Waals surface area contributed by atoms with Gasteiger partial charge in [-0.25, -0.2) is 4.68 Å². The van der Waals surface area contributed by atoms with Crippen molar-refractivity contribution < 1.29 is 4.79 Å². The van der Waals surface area contributed by atoms with Gasteiger partial charge >= 0.3 is 0 Å². The number of nitrogens with one attached hydrogen (secondary N) is 2. The van der Waals surface area contributed by atoms with Gasteiger partial charge < -0.3 is 10.6 Å². The fraction of sp³-hybridized carbons (Fsp3) is 0.278. The van der Waals surface area contributed by atoms with Gasteiger partial charge in [0.25, 0.3) is 5.91 Å². The second-order valence-electron chi connectivity index (χ2n) is 6.14. The van der Waals surface area contributed by atoms with Crippen molar-refractivity contribution in [1.29, 1.82) is 0 Å². The zero-order chi connectivity index (χ0) is 17.1. The number of anilines is 1. The van der Waals surface area contributed by atoms with Crippen LogP contribution in [0, 0.1) is 0 Å². The van der Waals surface area contributed by atoms with Gasteiger partial charge in [-0.2, -0.15) is 10.2 Å². The Morgan fingerprint density at radius 2 is 2.12 bits per heavy atom. The van der Waals surface area contributed by atoms with E-state index in [1.165, 1.54) is 0 Å². The van der Waals surface area contributed by atoms with E-state index in [0.29, 0.717) is 17.4 Å². The fourth-order valence-electron chi connectivity index (χ4n) is 3.03. The van der Waals surface area contributed by atoms with Crippen LogP contribution in [0.2, 0.25) is 0 Å². The molecule has 7 nitrogen and oxygen atoms in total. The van der Waals surface area contributed by atoms with E-state index in [1.54, 1.807) is 23.1 Å². The van der Waals surface area contributed by atoms with Gasteiger partial charge in [-0.1, -0.05) is 18.2 Å². The Bertz CT molecular complexity index is 847. The Morgan fingerprint density at radius 1 is 1.24 bits per heavy atom. The number of benzene rings is 1. The zero-order valence-electron chi connectivity index (χ0n) is 13.8. The normalized spacial score (nSPS) is 17.4. The van der Waals surface area contributed by atoms with Gasteiger partial charge in [0.1, 0.15) is 0 Å². The average Bonchev–Trinajstić information content (AvgIpc) is 3.33. The smallest absolute Gasteiger partial charge is 0.276 e. The Kier molecular flexibility index (Phi) is 4.30. The molecule has 128 valence electrons. The highest BCUT2D eigenvalue weighted by atomic mass is 16.2. The number of hydrogen-bond donors (Lipinski definition) is 2. The van der Waals surface area contributed by atoms with Crippen molar-refractivity contribution in [1.82, 2.24) is 24.9 Å². The minimum atomic E-state index is -0.227. The van der Waals surface area contributed by atoms with Gasteiger partial charge in [-0.05, 0) is 37.6 Å². The summed E-state index contributed by atoms with van der Waals surface area (Å²) in [5.74, 6) is -0.227. The van der Waals surface area contributed by atoms with Gasteiger partial charge in [0.15, 0.2) is 5.69 Å². The Labute approximate surface area is 145 Å². The molecule has 4 rings (SSSR count). The highest BCUT2D eigenvalue weighted by Gasteiger charge is 2.18. The number of nitrogens with zero attached hydrogens (tertiary/aromatic N) is 4. The molecule has 1 atom stereocenters. The number of para-hydroxylation sites is 1. The Hall–Kier alpha value is -2.93. The molecule has 1 aliphatic heterocycles. The molecule has 2 aromatic heterocycles. The van der Waals surface area contributed by atoms with Gasteiger partial charge in [0.2, 0.25) is 0 Å². The molecular formula is C18H20N6O. The highest BCUT2D eigenvalue weighted by molar-refractivity contribution is 6.02. The molecule has 1 amide bonds. The van der Waals surface area contributed by atoms with E-state index >= 15 is 0 Å². The van der Waals surface area contributed by atoms with E-state index in [1.807, 2.05) is 41.2 Å². The number of rotatable bonds is 4. The fourth-order valence-corrected chi connectivity index (χ4v) is 3.03. The summed E-state index contributed by atoms with van der Waals surface area (Å²) in [6.07, 6.45) is 7.51. The number of carbonyl (C=O) groups excluding carboxylic acids is 1. The molecule has 1 aliphatic rings. The van der Waals surface area contributed by atoms with Crippen LogP contribution in [0.3, 0.4) is 0 Å². The van der Waals surface area contributed by atoms with Gasteiger partial charge in [0.05, 0.1) is 29.8 Å². The Balaban J connectivity index is 1.44. The second kappa shape index (κ2) is 6.90. The van der Waals surface area contributed by atoms with Crippen LogP contribution < -0.4 is 10.6 Å². The third-order valence-electron chi connectivity index (χ3n) is 4.35. The maximum Gasteiger partial charge on any atom is 0.276 e. The lowest BCUT2D eigenvalue weighted by molar-refractivity contribution is 0.102. The van der Waals surface area contributed by atoms with Crippen molar-refractivity contribution >= 4 is 11.6 Å². The first-order valence-electron chi connectivity index (χ1n) is 8.47. The SMILES string of the molecule is O=C(Nc1cnn(-c2ccccc2)c1)c1ccn(C2CCCNC2)n1. The van der Waals surface area contributed by atoms with Crippen LogP contribution in [-0.4, -0.2) is 38.6 Å². The number of carbonyl (C=O) groups is 1. The van der Waals surface area contributed by atoms with Crippen molar-refractivity contribution in [3.63, 3.8) is 0 Å². The van der Waals surface area contributed by atoms with Gasteiger partial charge in [-0.3, -0.25) is 9.48 Å². The Morgan fingerprint density at radius 3 is 2.92 bits per heavy atom. The molecule has 3 aromatic rings. The average molecular weight is 336 g/mol. The molecule has 0 spiro atoms. The van der Waals surface area contributed by atoms with E-state index in [9.17, 15) is 4.79 Å². The minimum absolute atomic E-state index is 0.227. The lowest BCUT2D eigenvalue weighted by atomic mass is 10.1. The molecule has 1 aromatic carbocycles. The number of hydrogen-bond acceptors (Lipinski definition) is 4. The number of amides is 1. The van der Waals surface area contributed by atoms with Crippen LogP contribution in [-0.2, 0) is 0 Å². The van der Waals surface area contributed by atoms with Crippen molar-refractivity contribution in [2.75, 3.05) is 18.4 Å². The lowest BCUT2D eigenvalue weighted by Gasteiger charge is -2.22. The second-order valence-corrected chi connectivity index (χ2v) is 6.14.